The van der Waals surface area contributed by atoms with Gasteiger partial charge in [-0.2, -0.15) is 0 Å². The van der Waals surface area contributed by atoms with Gasteiger partial charge in [0.1, 0.15) is 11.6 Å². The number of rotatable bonds is 5. The van der Waals surface area contributed by atoms with Gasteiger partial charge in [0.25, 0.3) is 0 Å². The number of nitrogen functional groups attached to an aromatic ring is 1. The Balaban J connectivity index is 1.62. The van der Waals surface area contributed by atoms with Crippen molar-refractivity contribution in [1.29, 1.82) is 0 Å². The van der Waals surface area contributed by atoms with Crippen LogP contribution < -0.4 is 10.5 Å². The molecule has 0 bridgehead atoms. The van der Waals surface area contributed by atoms with Gasteiger partial charge in [0, 0.05) is 18.3 Å². The highest BCUT2D eigenvalue weighted by Crippen LogP contribution is 2.37. The first-order chi connectivity index (χ1) is 14.5. The molecule has 0 aliphatic carbocycles. The second-order valence-corrected chi connectivity index (χ2v) is 7.30. The second-order valence-electron chi connectivity index (χ2n) is 7.30. The van der Waals surface area contributed by atoms with E-state index in [0.29, 0.717) is 18.7 Å². The minimum absolute atomic E-state index is 0.0323. The van der Waals surface area contributed by atoms with Crippen molar-refractivity contribution in [3.05, 3.63) is 71.8 Å². The maximum atomic E-state index is 13.4. The van der Waals surface area contributed by atoms with E-state index >= 15 is 0 Å². The zero-order chi connectivity index (χ0) is 21.1. The number of anilines is 1. The van der Waals surface area contributed by atoms with E-state index in [-0.39, 0.29) is 23.7 Å². The predicted octanol–water partition coefficient (Wildman–Crippen LogP) is 3.78. The predicted molar refractivity (Wildman–Crippen MR) is 112 cm³/mol. The molecule has 4 rings (SSSR count). The topological polar surface area (TPSA) is 81.3 Å². The van der Waals surface area contributed by atoms with Crippen LogP contribution in [0.5, 0.6) is 5.75 Å². The number of carbonyl (C=O) groups excluding carboxylic acids is 1. The molecule has 0 spiro atoms. The first kappa shape index (κ1) is 19.8. The maximum Gasteiger partial charge on any atom is 0.227 e. The maximum absolute atomic E-state index is 13.4. The normalized spacial score (nSPS) is 15.9. The highest BCUT2D eigenvalue weighted by Gasteiger charge is 2.33. The number of carbonyl (C=O) groups is 1. The van der Waals surface area contributed by atoms with Gasteiger partial charge in [-0.25, -0.2) is 14.4 Å². The first-order valence-electron chi connectivity index (χ1n) is 9.86. The number of amides is 1. The van der Waals surface area contributed by atoms with Crippen molar-refractivity contribution >= 4 is 11.9 Å². The van der Waals surface area contributed by atoms with Crippen molar-refractivity contribution in [3.8, 4) is 16.9 Å². The van der Waals surface area contributed by atoms with E-state index in [2.05, 4.69) is 9.97 Å². The van der Waals surface area contributed by atoms with Crippen LogP contribution in [-0.4, -0.2) is 34.4 Å². The van der Waals surface area contributed by atoms with Crippen molar-refractivity contribution in [2.45, 2.75) is 25.3 Å². The average Bonchev–Trinajstić information content (AvgIpc) is 3.25. The van der Waals surface area contributed by atoms with Crippen molar-refractivity contribution in [1.82, 2.24) is 14.9 Å². The van der Waals surface area contributed by atoms with E-state index in [1.165, 1.54) is 12.1 Å². The van der Waals surface area contributed by atoms with Crippen molar-refractivity contribution < 1.29 is 13.9 Å². The van der Waals surface area contributed by atoms with Gasteiger partial charge < -0.3 is 15.4 Å². The molecule has 1 atom stereocenters. The van der Waals surface area contributed by atoms with Crippen LogP contribution in [0.15, 0.2) is 54.7 Å². The van der Waals surface area contributed by atoms with E-state index in [1.807, 2.05) is 29.2 Å². The van der Waals surface area contributed by atoms with Crippen molar-refractivity contribution in [2.75, 3.05) is 19.4 Å². The largest absolute Gasteiger partial charge is 0.497 e. The zero-order valence-electron chi connectivity index (χ0n) is 16.7. The minimum atomic E-state index is -0.311. The number of hydrogen-bond donors (Lipinski definition) is 1. The van der Waals surface area contributed by atoms with E-state index in [9.17, 15) is 9.18 Å². The monoisotopic (exact) mass is 406 g/mol. The molecular formula is C23H23FN4O2. The van der Waals surface area contributed by atoms with Crippen LogP contribution in [0.25, 0.3) is 11.1 Å². The molecule has 1 saturated heterocycles. The van der Waals surface area contributed by atoms with Gasteiger partial charge in [0.15, 0.2) is 0 Å². The van der Waals surface area contributed by atoms with Crippen LogP contribution in [0.4, 0.5) is 10.3 Å². The fraction of sp³-hybridized carbons (Fsp3) is 0.261. The van der Waals surface area contributed by atoms with Crippen LogP contribution in [0, 0.1) is 5.82 Å². The lowest BCUT2D eigenvalue weighted by Crippen LogP contribution is -2.32. The Morgan fingerprint density at radius 3 is 2.63 bits per heavy atom. The van der Waals surface area contributed by atoms with Gasteiger partial charge in [-0.05, 0) is 48.2 Å². The number of methoxy groups -OCH3 is 1. The van der Waals surface area contributed by atoms with Gasteiger partial charge in [0.05, 0.1) is 25.3 Å². The molecule has 0 radical (unpaired) electrons. The van der Waals surface area contributed by atoms with Crippen LogP contribution in [0.3, 0.4) is 0 Å². The molecule has 154 valence electrons. The molecule has 3 aromatic rings. The summed E-state index contributed by atoms with van der Waals surface area (Å²) in [5, 5.41) is 0. The highest BCUT2D eigenvalue weighted by molar-refractivity contribution is 5.80. The van der Waals surface area contributed by atoms with Gasteiger partial charge in [-0.1, -0.05) is 24.3 Å². The van der Waals surface area contributed by atoms with Gasteiger partial charge in [-0.15, -0.1) is 0 Å². The fourth-order valence-electron chi connectivity index (χ4n) is 3.88. The first-order valence-corrected chi connectivity index (χ1v) is 9.86. The number of likely N-dealkylation sites (tertiary alicyclic amines) is 1. The SMILES string of the molecule is COc1ccc(CC(=O)N2CCC[C@@H]2c2nc(N)ncc2-c2ccc(F)cc2)cc1. The van der Waals surface area contributed by atoms with Crippen LogP contribution >= 0.6 is 0 Å². The number of aromatic nitrogens is 2. The van der Waals surface area contributed by atoms with Crippen LogP contribution in [-0.2, 0) is 11.2 Å². The molecule has 0 unspecified atom stereocenters. The Kier molecular flexibility index (Phi) is 5.61. The zero-order valence-corrected chi connectivity index (χ0v) is 16.7. The number of benzene rings is 2. The quantitative estimate of drug-likeness (QED) is 0.697. The van der Waals surface area contributed by atoms with E-state index in [4.69, 9.17) is 10.5 Å². The second kappa shape index (κ2) is 8.49. The van der Waals surface area contributed by atoms with Crippen LogP contribution in [0.1, 0.15) is 30.1 Å². The Morgan fingerprint density at radius 1 is 1.20 bits per heavy atom. The molecule has 6 nitrogen and oxygen atoms in total. The standard InChI is InChI=1S/C23H23FN4O2/c1-30-18-10-4-15(5-11-18)13-21(29)28-12-2-3-20(28)22-19(14-26-23(25)27-22)16-6-8-17(24)9-7-16/h4-11,14,20H,2-3,12-13H2,1H3,(H2,25,26,27)/t20-/m1/s1. The molecular weight excluding hydrogens is 383 g/mol. The van der Waals surface area contributed by atoms with Gasteiger partial charge in [0.2, 0.25) is 11.9 Å². The van der Waals surface area contributed by atoms with E-state index in [0.717, 1.165) is 35.3 Å². The Bertz CT molecular complexity index is 1040. The summed E-state index contributed by atoms with van der Waals surface area (Å²) >= 11 is 0. The van der Waals surface area contributed by atoms with Crippen molar-refractivity contribution in [2.24, 2.45) is 0 Å². The number of halogens is 1. The smallest absolute Gasteiger partial charge is 0.227 e. The average molecular weight is 406 g/mol. The molecule has 1 aromatic heterocycles. The van der Waals surface area contributed by atoms with E-state index < -0.39 is 0 Å². The Hall–Kier alpha value is -3.48. The summed E-state index contributed by atoms with van der Waals surface area (Å²) in [5.74, 6) is 0.634. The number of ether oxygens (including phenoxy) is 1. The fourth-order valence-corrected chi connectivity index (χ4v) is 3.88. The highest BCUT2D eigenvalue weighted by atomic mass is 19.1. The molecule has 1 fully saturated rings. The summed E-state index contributed by atoms with van der Waals surface area (Å²) in [6, 6.07) is 13.5. The molecule has 2 heterocycles. The molecule has 0 saturated carbocycles. The Labute approximate surface area is 174 Å². The number of nitrogens with two attached hydrogens (primary N) is 1. The summed E-state index contributed by atoms with van der Waals surface area (Å²) in [7, 11) is 1.61. The lowest BCUT2D eigenvalue weighted by atomic mass is 9.99. The molecule has 1 amide bonds. The summed E-state index contributed by atoms with van der Waals surface area (Å²) in [6.07, 6.45) is 3.62. The molecule has 1 aliphatic rings. The molecule has 2 N–H and O–H groups in total. The number of nitrogens with zero attached hydrogens (tertiary/aromatic N) is 3. The molecule has 30 heavy (non-hydrogen) atoms. The third-order valence-corrected chi connectivity index (χ3v) is 5.40. The van der Waals surface area contributed by atoms with E-state index in [1.54, 1.807) is 25.4 Å². The lowest BCUT2D eigenvalue weighted by Gasteiger charge is -2.26. The summed E-state index contributed by atoms with van der Waals surface area (Å²) in [5.41, 5.74) is 9.05. The van der Waals surface area contributed by atoms with Crippen LogP contribution in [0.2, 0.25) is 0 Å². The summed E-state index contributed by atoms with van der Waals surface area (Å²) in [4.78, 5) is 23.6. The molecule has 2 aromatic carbocycles. The lowest BCUT2D eigenvalue weighted by molar-refractivity contribution is -0.131. The van der Waals surface area contributed by atoms with Crippen molar-refractivity contribution in [3.63, 3.8) is 0 Å². The van der Waals surface area contributed by atoms with Gasteiger partial charge in [-0.3, -0.25) is 4.79 Å². The molecule has 1 aliphatic heterocycles. The Morgan fingerprint density at radius 2 is 1.93 bits per heavy atom. The summed E-state index contributed by atoms with van der Waals surface area (Å²) < 4.78 is 18.6. The third kappa shape index (κ3) is 4.10. The summed E-state index contributed by atoms with van der Waals surface area (Å²) in [6.45, 7) is 0.659. The van der Waals surface area contributed by atoms with Gasteiger partial charge >= 0.3 is 0 Å². The minimum Gasteiger partial charge on any atom is -0.497 e. The third-order valence-electron chi connectivity index (χ3n) is 5.40. The number of hydrogen-bond acceptors (Lipinski definition) is 5. The molecule has 7 heteroatoms.